The van der Waals surface area contributed by atoms with Crippen LogP contribution in [0.1, 0.15) is 6.92 Å². The van der Waals surface area contributed by atoms with Crippen LogP contribution < -0.4 is 0 Å². The van der Waals surface area contributed by atoms with Gasteiger partial charge in [-0.3, -0.25) is 0 Å². The lowest BCUT2D eigenvalue weighted by Crippen LogP contribution is -2.23. The molecule has 0 aliphatic rings. The molecule has 0 saturated carbocycles. The summed E-state index contributed by atoms with van der Waals surface area (Å²) in [6.45, 7) is 9.32. The van der Waals surface area contributed by atoms with Gasteiger partial charge in [-0.15, -0.1) is 0 Å². The highest BCUT2D eigenvalue weighted by atomic mass is 32.2. The van der Waals surface area contributed by atoms with E-state index in [9.17, 15) is 0 Å². The molecule has 0 aliphatic carbocycles. The van der Waals surface area contributed by atoms with Gasteiger partial charge < -0.3 is 0 Å². The van der Waals surface area contributed by atoms with Gasteiger partial charge in [-0.2, -0.15) is 11.8 Å². The van der Waals surface area contributed by atoms with E-state index in [1.807, 2.05) is 0 Å². The second kappa shape index (κ2) is 5.02. The maximum absolute atomic E-state index is 2.41. The predicted octanol–water partition coefficient (Wildman–Crippen LogP) is 3.17. The van der Waals surface area contributed by atoms with Crippen LogP contribution in [-0.2, 0) is 0 Å². The summed E-state index contributed by atoms with van der Waals surface area (Å²) in [4.78, 5) is 0. The molecule has 0 N–H and O–H groups in total. The normalized spacial score (nSPS) is 12.8. The van der Waals surface area contributed by atoms with Gasteiger partial charge in [-0.1, -0.05) is 31.8 Å². The molecule has 2 heteroatoms. The highest BCUT2D eigenvalue weighted by molar-refractivity contribution is 8.01. The first-order valence-electron chi connectivity index (χ1n) is 3.75. The molecule has 0 spiro atoms. The van der Waals surface area contributed by atoms with Crippen LogP contribution in [0.2, 0.25) is 19.6 Å². The fourth-order valence-electron chi connectivity index (χ4n) is 0.529. The Morgan fingerprint density at radius 2 is 1.90 bits per heavy atom. The average Bonchev–Trinajstić information content (AvgIpc) is 1.78. The van der Waals surface area contributed by atoms with Crippen molar-refractivity contribution in [3.63, 3.8) is 0 Å². The number of rotatable bonds is 4. The summed E-state index contributed by atoms with van der Waals surface area (Å²) in [5.41, 5.74) is 0. The predicted molar refractivity (Wildman–Crippen MR) is 55.5 cm³/mol. The van der Waals surface area contributed by atoms with Crippen LogP contribution in [0.15, 0.2) is 12.2 Å². The van der Waals surface area contributed by atoms with Crippen molar-refractivity contribution >= 4 is 19.8 Å². The molecule has 0 rings (SSSR count). The minimum absolute atomic E-state index is 0.778. The molecule has 0 fully saturated rings. The molecule has 0 bridgehead atoms. The van der Waals surface area contributed by atoms with Crippen molar-refractivity contribution in [1.29, 1.82) is 0 Å². The first kappa shape index (κ1) is 10.3. The molecule has 0 heterocycles. The number of thioether (sulfide) groups is 1. The topological polar surface area (TPSA) is 0 Å². The van der Waals surface area contributed by atoms with Crippen LogP contribution in [0.25, 0.3) is 0 Å². The fraction of sp³-hybridized carbons (Fsp3) is 0.750. The van der Waals surface area contributed by atoms with Gasteiger partial charge in [-0.05, 0) is 12.3 Å². The van der Waals surface area contributed by atoms with E-state index >= 15 is 0 Å². The van der Waals surface area contributed by atoms with Crippen molar-refractivity contribution in [1.82, 2.24) is 0 Å². The molecule has 0 nitrogen and oxygen atoms in total. The molecule has 0 aliphatic heterocycles. The summed E-state index contributed by atoms with van der Waals surface area (Å²) in [5.74, 6) is 1.20. The van der Waals surface area contributed by atoms with Gasteiger partial charge in [0.25, 0.3) is 0 Å². The minimum atomic E-state index is -0.778. The lowest BCUT2D eigenvalue weighted by Gasteiger charge is -2.13. The molecule has 0 amide bonds. The van der Waals surface area contributed by atoms with Gasteiger partial charge in [0.15, 0.2) is 0 Å². The molecule has 10 heavy (non-hydrogen) atoms. The van der Waals surface area contributed by atoms with E-state index in [1.54, 1.807) is 0 Å². The van der Waals surface area contributed by atoms with E-state index in [2.05, 4.69) is 50.5 Å². The van der Waals surface area contributed by atoms with E-state index in [0.717, 1.165) is 0 Å². The van der Waals surface area contributed by atoms with Gasteiger partial charge in [0.05, 0.1) is 8.07 Å². The van der Waals surface area contributed by atoms with Crippen molar-refractivity contribution in [3.05, 3.63) is 12.2 Å². The number of hydrogen-bond donors (Lipinski definition) is 0. The maximum atomic E-state index is 2.41. The lowest BCUT2D eigenvalue weighted by molar-refractivity contribution is 1.63. The summed E-state index contributed by atoms with van der Waals surface area (Å²) >= 11 is 2.06. The standard InChI is InChI=1S/C8H18SSi/c1-5-6-7-9-8-10(2,3)4/h5-6H,7-8H2,1-4H3/b6-5+. The molecule has 0 unspecified atom stereocenters. The molecule has 0 saturated heterocycles. The number of allylic oxidation sites excluding steroid dienone is 1. The Hall–Kier alpha value is 0.307. The third kappa shape index (κ3) is 8.31. The average molecular weight is 174 g/mol. The Kier molecular flexibility index (Phi) is 5.18. The Bertz CT molecular complexity index is 102. The highest BCUT2D eigenvalue weighted by Gasteiger charge is 2.11. The van der Waals surface area contributed by atoms with Crippen LogP contribution in [0.3, 0.4) is 0 Å². The monoisotopic (exact) mass is 174 g/mol. The van der Waals surface area contributed by atoms with Gasteiger partial charge in [0.2, 0.25) is 0 Å². The van der Waals surface area contributed by atoms with E-state index in [-0.39, 0.29) is 0 Å². The first-order valence-corrected chi connectivity index (χ1v) is 8.61. The molecule has 0 aromatic rings. The molecule has 0 atom stereocenters. The van der Waals surface area contributed by atoms with E-state index in [1.165, 1.54) is 11.1 Å². The molecular formula is C8H18SSi. The Balaban J connectivity index is 3.20. The van der Waals surface area contributed by atoms with Crippen LogP contribution in [0.4, 0.5) is 0 Å². The smallest absolute Gasteiger partial charge is 0.0548 e. The maximum Gasteiger partial charge on any atom is 0.0548 e. The third-order valence-corrected chi connectivity index (χ3v) is 5.69. The van der Waals surface area contributed by atoms with Gasteiger partial charge in [-0.25, -0.2) is 0 Å². The first-order chi connectivity index (χ1) is 4.56. The summed E-state index contributed by atoms with van der Waals surface area (Å²) in [6, 6.07) is 0. The summed E-state index contributed by atoms with van der Waals surface area (Å²) in [6.07, 6.45) is 4.35. The van der Waals surface area contributed by atoms with Crippen LogP contribution in [0.5, 0.6) is 0 Å². The second-order valence-corrected chi connectivity index (χ2v) is 10.7. The van der Waals surface area contributed by atoms with Gasteiger partial charge in [0, 0.05) is 5.75 Å². The van der Waals surface area contributed by atoms with E-state index < -0.39 is 8.07 Å². The molecule has 0 radical (unpaired) electrons. The largest absolute Gasteiger partial charge is 0.161 e. The molecule has 0 aromatic heterocycles. The Labute approximate surface area is 70.1 Å². The summed E-state index contributed by atoms with van der Waals surface area (Å²) in [7, 11) is -0.778. The van der Waals surface area contributed by atoms with Crippen molar-refractivity contribution in [2.75, 3.05) is 11.1 Å². The molecule has 60 valence electrons. The van der Waals surface area contributed by atoms with E-state index in [4.69, 9.17) is 0 Å². The summed E-state index contributed by atoms with van der Waals surface area (Å²) in [5, 5.41) is 1.39. The zero-order valence-electron chi connectivity index (χ0n) is 7.48. The van der Waals surface area contributed by atoms with Crippen molar-refractivity contribution in [3.8, 4) is 0 Å². The SMILES string of the molecule is C/C=C/CSC[Si](C)(C)C. The zero-order chi connectivity index (χ0) is 8.04. The molecule has 0 aromatic carbocycles. The quantitative estimate of drug-likeness (QED) is 0.358. The number of hydrogen-bond acceptors (Lipinski definition) is 1. The van der Waals surface area contributed by atoms with Crippen LogP contribution >= 0.6 is 11.8 Å². The van der Waals surface area contributed by atoms with Crippen molar-refractivity contribution in [2.24, 2.45) is 0 Å². The highest BCUT2D eigenvalue weighted by Crippen LogP contribution is 2.10. The summed E-state index contributed by atoms with van der Waals surface area (Å²) < 4.78 is 0. The minimum Gasteiger partial charge on any atom is -0.161 e. The van der Waals surface area contributed by atoms with Crippen molar-refractivity contribution < 1.29 is 0 Å². The van der Waals surface area contributed by atoms with Crippen LogP contribution in [0, 0.1) is 0 Å². The zero-order valence-corrected chi connectivity index (χ0v) is 9.29. The van der Waals surface area contributed by atoms with Gasteiger partial charge >= 0.3 is 0 Å². The van der Waals surface area contributed by atoms with Gasteiger partial charge in [0.1, 0.15) is 0 Å². The molecular weight excluding hydrogens is 156 g/mol. The second-order valence-electron chi connectivity index (χ2n) is 3.64. The third-order valence-electron chi connectivity index (χ3n) is 0.985. The lowest BCUT2D eigenvalue weighted by atomic mass is 10.6. The van der Waals surface area contributed by atoms with E-state index in [0.29, 0.717) is 0 Å². The Morgan fingerprint density at radius 1 is 1.30 bits per heavy atom. The van der Waals surface area contributed by atoms with Crippen LogP contribution in [-0.4, -0.2) is 19.2 Å². The fourth-order valence-corrected chi connectivity index (χ4v) is 3.78. The van der Waals surface area contributed by atoms with Crippen molar-refractivity contribution in [2.45, 2.75) is 26.6 Å². The Morgan fingerprint density at radius 3 is 2.30 bits per heavy atom.